The highest BCUT2D eigenvalue weighted by Gasteiger charge is 2.28. The summed E-state index contributed by atoms with van der Waals surface area (Å²) in [4.78, 5) is 10.1. The van der Waals surface area contributed by atoms with Gasteiger partial charge in [0.15, 0.2) is 0 Å². The van der Waals surface area contributed by atoms with Crippen molar-refractivity contribution in [3.05, 3.63) is 12.3 Å². The van der Waals surface area contributed by atoms with E-state index in [2.05, 4.69) is 5.32 Å². The van der Waals surface area contributed by atoms with Crippen molar-refractivity contribution >= 4 is 5.97 Å². The van der Waals surface area contributed by atoms with Crippen molar-refractivity contribution in [2.24, 2.45) is 0 Å². The molecule has 4 nitrogen and oxygen atoms in total. The molecule has 0 aliphatic heterocycles. The summed E-state index contributed by atoms with van der Waals surface area (Å²) in [5, 5.41) is 21.1. The molecule has 0 radical (unpaired) electrons. The van der Waals surface area contributed by atoms with Crippen molar-refractivity contribution in [3.8, 4) is 0 Å². The minimum Gasteiger partial charge on any atom is -0.478 e. The molecule has 1 fully saturated rings. The van der Waals surface area contributed by atoms with Gasteiger partial charge >= 0.3 is 5.97 Å². The lowest BCUT2D eigenvalue weighted by molar-refractivity contribution is -0.131. The molecule has 0 amide bonds. The van der Waals surface area contributed by atoms with Crippen molar-refractivity contribution in [2.45, 2.75) is 37.7 Å². The molecule has 0 aromatic rings. The minimum atomic E-state index is -0.979. The minimum absolute atomic E-state index is 0.441. The van der Waals surface area contributed by atoms with Crippen LogP contribution in [0.4, 0.5) is 0 Å². The second-order valence-corrected chi connectivity index (χ2v) is 3.84. The second-order valence-electron chi connectivity index (χ2n) is 3.84. The molecule has 0 atom stereocenters. The van der Waals surface area contributed by atoms with Crippen molar-refractivity contribution in [3.63, 3.8) is 0 Å². The van der Waals surface area contributed by atoms with Gasteiger partial charge in [-0.2, -0.15) is 0 Å². The fourth-order valence-electron chi connectivity index (χ4n) is 1.77. The molecule has 14 heavy (non-hydrogen) atoms. The molecule has 3 N–H and O–H groups in total. The zero-order chi connectivity index (χ0) is 10.4. The summed E-state index contributed by atoms with van der Waals surface area (Å²) in [7, 11) is 0. The Kier molecular flexibility index (Phi) is 3.95. The van der Waals surface area contributed by atoms with Crippen molar-refractivity contribution in [1.29, 1.82) is 0 Å². The Morgan fingerprint density at radius 3 is 2.57 bits per heavy atom. The lowest BCUT2D eigenvalue weighted by atomic mass is 9.85. The number of carboxylic acids is 1. The fourth-order valence-corrected chi connectivity index (χ4v) is 1.77. The van der Waals surface area contributed by atoms with E-state index in [1.807, 2.05) is 0 Å². The van der Waals surface area contributed by atoms with Crippen molar-refractivity contribution in [2.75, 3.05) is 6.54 Å². The second kappa shape index (κ2) is 5.00. The van der Waals surface area contributed by atoms with E-state index in [-0.39, 0.29) is 0 Å². The number of aliphatic carboxylic acids is 1. The zero-order valence-electron chi connectivity index (χ0n) is 8.20. The van der Waals surface area contributed by atoms with E-state index >= 15 is 0 Å². The predicted octanol–water partition coefficient (Wildman–Crippen LogP) is 0.869. The van der Waals surface area contributed by atoms with E-state index in [1.165, 1.54) is 12.6 Å². The number of hydrogen-bond donors (Lipinski definition) is 3. The first-order valence-corrected chi connectivity index (χ1v) is 4.98. The summed E-state index contributed by atoms with van der Waals surface area (Å²) < 4.78 is 0. The predicted molar refractivity (Wildman–Crippen MR) is 52.8 cm³/mol. The van der Waals surface area contributed by atoms with Crippen LogP contribution in [0.2, 0.25) is 0 Å². The van der Waals surface area contributed by atoms with Crippen molar-refractivity contribution in [1.82, 2.24) is 5.32 Å². The summed E-state index contributed by atoms with van der Waals surface area (Å²) in [5.74, 6) is -0.979. The third kappa shape index (κ3) is 3.79. The van der Waals surface area contributed by atoms with Gasteiger partial charge in [-0.05, 0) is 12.8 Å². The van der Waals surface area contributed by atoms with Gasteiger partial charge in [0.1, 0.15) is 0 Å². The first kappa shape index (κ1) is 11.0. The van der Waals surface area contributed by atoms with Crippen molar-refractivity contribution < 1.29 is 15.0 Å². The molecule has 1 aliphatic carbocycles. The third-order valence-corrected chi connectivity index (χ3v) is 2.56. The van der Waals surface area contributed by atoms with Gasteiger partial charge in [0.25, 0.3) is 0 Å². The lowest BCUT2D eigenvalue weighted by Crippen LogP contribution is -2.40. The van der Waals surface area contributed by atoms with E-state index < -0.39 is 11.6 Å². The van der Waals surface area contributed by atoms with Gasteiger partial charge < -0.3 is 15.5 Å². The quantitative estimate of drug-likeness (QED) is 0.588. The summed E-state index contributed by atoms with van der Waals surface area (Å²) in [6.07, 6.45) is 7.32. The largest absolute Gasteiger partial charge is 0.478 e. The molecule has 0 unspecified atom stereocenters. The highest BCUT2D eigenvalue weighted by atomic mass is 16.4. The van der Waals surface area contributed by atoms with Crippen LogP contribution >= 0.6 is 0 Å². The summed E-state index contributed by atoms with van der Waals surface area (Å²) >= 11 is 0. The van der Waals surface area contributed by atoms with Crippen LogP contribution in [-0.2, 0) is 4.79 Å². The number of hydrogen-bond acceptors (Lipinski definition) is 3. The van der Waals surface area contributed by atoms with E-state index in [0.717, 1.165) is 31.8 Å². The van der Waals surface area contributed by atoms with Crippen LogP contribution < -0.4 is 5.32 Å². The molecular formula is C10H17NO3. The molecule has 1 saturated carbocycles. The number of nitrogens with one attached hydrogen (secondary N) is 1. The van der Waals surface area contributed by atoms with E-state index in [1.54, 1.807) is 0 Å². The number of rotatable bonds is 4. The molecule has 0 heterocycles. The van der Waals surface area contributed by atoms with Crippen LogP contribution in [0.5, 0.6) is 0 Å². The van der Waals surface area contributed by atoms with Gasteiger partial charge in [0.05, 0.1) is 5.60 Å². The monoisotopic (exact) mass is 199 g/mol. The standard InChI is InChI=1S/C10H17NO3/c12-9(13)4-7-11-8-10(14)5-2-1-3-6-10/h4,7,11,14H,1-3,5-6,8H2,(H,12,13)/b7-4+. The van der Waals surface area contributed by atoms with Gasteiger partial charge in [-0.1, -0.05) is 19.3 Å². The van der Waals surface area contributed by atoms with Gasteiger partial charge in [-0.15, -0.1) is 0 Å². The average Bonchev–Trinajstić information content (AvgIpc) is 2.14. The maximum atomic E-state index is 10.1. The number of carbonyl (C=O) groups is 1. The Labute approximate surface area is 83.6 Å². The Hall–Kier alpha value is -1.03. The van der Waals surface area contributed by atoms with Gasteiger partial charge in [0, 0.05) is 18.8 Å². The first-order valence-electron chi connectivity index (χ1n) is 4.98. The molecule has 0 aromatic heterocycles. The Morgan fingerprint density at radius 2 is 2.00 bits per heavy atom. The number of aliphatic hydroxyl groups is 1. The lowest BCUT2D eigenvalue weighted by Gasteiger charge is -2.31. The Balaban J connectivity index is 2.25. The first-order chi connectivity index (χ1) is 6.62. The number of carboxylic acid groups (broad SMARTS) is 1. The molecule has 80 valence electrons. The van der Waals surface area contributed by atoms with Crippen LogP contribution in [-0.4, -0.2) is 28.3 Å². The molecule has 0 bridgehead atoms. The molecule has 4 heteroatoms. The van der Waals surface area contributed by atoms with Crippen LogP contribution in [0.3, 0.4) is 0 Å². The van der Waals surface area contributed by atoms with Crippen LogP contribution in [0, 0.1) is 0 Å². The van der Waals surface area contributed by atoms with E-state index in [0.29, 0.717) is 6.54 Å². The summed E-state index contributed by atoms with van der Waals surface area (Å²) in [6.45, 7) is 0.441. The van der Waals surface area contributed by atoms with E-state index in [9.17, 15) is 9.90 Å². The molecule has 0 saturated heterocycles. The fraction of sp³-hybridized carbons (Fsp3) is 0.700. The molecule has 1 rings (SSSR count). The average molecular weight is 199 g/mol. The van der Waals surface area contributed by atoms with Gasteiger partial charge in [-0.3, -0.25) is 0 Å². The summed E-state index contributed by atoms with van der Waals surface area (Å²) in [6, 6.07) is 0. The Bertz CT molecular complexity index is 219. The maximum Gasteiger partial charge on any atom is 0.329 e. The maximum absolute atomic E-state index is 10.1. The zero-order valence-corrected chi connectivity index (χ0v) is 8.20. The molecule has 1 aliphatic rings. The topological polar surface area (TPSA) is 69.6 Å². The highest BCUT2D eigenvalue weighted by molar-refractivity contribution is 5.79. The smallest absolute Gasteiger partial charge is 0.329 e. The van der Waals surface area contributed by atoms with Crippen LogP contribution in [0.25, 0.3) is 0 Å². The molecular weight excluding hydrogens is 182 g/mol. The molecule has 0 spiro atoms. The highest BCUT2D eigenvalue weighted by Crippen LogP contribution is 2.27. The summed E-state index contributed by atoms with van der Waals surface area (Å²) in [5.41, 5.74) is -0.638. The van der Waals surface area contributed by atoms with Gasteiger partial charge in [-0.25, -0.2) is 4.79 Å². The molecule has 0 aromatic carbocycles. The van der Waals surface area contributed by atoms with Crippen LogP contribution in [0.1, 0.15) is 32.1 Å². The Morgan fingerprint density at radius 1 is 1.36 bits per heavy atom. The SMILES string of the molecule is O=C(O)/C=C/NCC1(O)CCCCC1. The third-order valence-electron chi connectivity index (χ3n) is 2.56. The normalized spacial score (nSPS) is 20.9. The van der Waals surface area contributed by atoms with Crippen LogP contribution in [0.15, 0.2) is 12.3 Å². The van der Waals surface area contributed by atoms with E-state index in [4.69, 9.17) is 5.11 Å². The van der Waals surface area contributed by atoms with Gasteiger partial charge in [0.2, 0.25) is 0 Å².